The second-order valence-corrected chi connectivity index (χ2v) is 5.57. The number of hydrogen-bond acceptors (Lipinski definition) is 4. The smallest absolute Gasteiger partial charge is 0.325 e. The molecule has 0 unspecified atom stereocenters. The molecule has 0 spiro atoms. The summed E-state index contributed by atoms with van der Waals surface area (Å²) in [6.45, 7) is 2.45. The van der Waals surface area contributed by atoms with E-state index in [-0.39, 0.29) is 31.6 Å². The van der Waals surface area contributed by atoms with E-state index in [0.29, 0.717) is 0 Å². The summed E-state index contributed by atoms with van der Waals surface area (Å²) in [5, 5.41) is 2.79. The van der Waals surface area contributed by atoms with Crippen molar-refractivity contribution in [2.75, 3.05) is 23.3 Å². The first-order valence-electron chi connectivity index (χ1n) is 7.47. The number of rotatable bonds is 4. The molecule has 2 aromatic carbocycles. The first-order valence-corrected chi connectivity index (χ1v) is 7.47. The highest BCUT2D eigenvalue weighted by molar-refractivity contribution is 6.02. The average molecular weight is 310 g/mol. The van der Waals surface area contributed by atoms with Gasteiger partial charge in [0.1, 0.15) is 13.2 Å². The van der Waals surface area contributed by atoms with Crippen molar-refractivity contribution in [3.63, 3.8) is 0 Å². The van der Waals surface area contributed by atoms with Gasteiger partial charge >= 0.3 is 5.97 Å². The Labute approximate surface area is 134 Å². The van der Waals surface area contributed by atoms with Gasteiger partial charge in [0.05, 0.1) is 17.9 Å². The minimum atomic E-state index is -0.352. The molecule has 1 aliphatic rings. The fraction of sp³-hybridized carbons (Fsp3) is 0.222. The Morgan fingerprint density at radius 1 is 1.17 bits per heavy atom. The molecule has 0 aliphatic carbocycles. The molecule has 1 heterocycles. The number of benzene rings is 2. The molecule has 0 atom stereocenters. The van der Waals surface area contributed by atoms with Crippen molar-refractivity contribution in [2.24, 2.45) is 0 Å². The van der Waals surface area contributed by atoms with Crippen LogP contribution < -0.4 is 10.2 Å². The van der Waals surface area contributed by atoms with E-state index in [1.54, 1.807) is 4.90 Å². The quantitative estimate of drug-likeness (QED) is 0.882. The molecule has 0 saturated carbocycles. The zero-order chi connectivity index (χ0) is 16.2. The molecule has 0 bridgehead atoms. The number of nitrogens with zero attached hydrogens (tertiary/aromatic N) is 1. The fourth-order valence-corrected chi connectivity index (χ4v) is 2.49. The number of carbonyl (C=O) groups is 2. The number of ether oxygens (including phenoxy) is 1. The van der Waals surface area contributed by atoms with E-state index in [2.05, 4.69) is 5.32 Å². The Bertz CT molecular complexity index is 725. The number of para-hydroxylation sites is 2. The van der Waals surface area contributed by atoms with Crippen molar-refractivity contribution in [2.45, 2.75) is 13.5 Å². The van der Waals surface area contributed by atoms with E-state index in [1.165, 1.54) is 0 Å². The van der Waals surface area contributed by atoms with Gasteiger partial charge in [-0.1, -0.05) is 42.0 Å². The Balaban J connectivity index is 1.61. The summed E-state index contributed by atoms with van der Waals surface area (Å²) in [5.41, 5.74) is 3.66. The summed E-state index contributed by atoms with van der Waals surface area (Å²) in [6.07, 6.45) is 0. The molecule has 5 heteroatoms. The molecule has 0 radical (unpaired) electrons. The minimum absolute atomic E-state index is 0.0519. The number of carbonyl (C=O) groups excluding carboxylic acids is 2. The van der Waals surface area contributed by atoms with Crippen LogP contribution in [0.2, 0.25) is 0 Å². The van der Waals surface area contributed by atoms with E-state index < -0.39 is 0 Å². The van der Waals surface area contributed by atoms with Crippen molar-refractivity contribution >= 4 is 23.3 Å². The van der Waals surface area contributed by atoms with Crippen molar-refractivity contribution in [1.29, 1.82) is 0 Å². The number of nitrogens with one attached hydrogen (secondary N) is 1. The Morgan fingerprint density at radius 3 is 2.70 bits per heavy atom. The number of esters is 1. The van der Waals surface area contributed by atoms with Gasteiger partial charge in [-0.25, -0.2) is 0 Å². The first-order chi connectivity index (χ1) is 11.1. The van der Waals surface area contributed by atoms with E-state index in [9.17, 15) is 9.59 Å². The molecule has 118 valence electrons. The topological polar surface area (TPSA) is 58.6 Å². The third kappa shape index (κ3) is 3.69. The standard InChI is InChI=1S/C18H18N2O3/c1-13-6-8-14(9-7-13)12-23-18(22)11-20-10-17(21)19-15-4-2-3-5-16(15)20/h2-9H,10-12H2,1H3,(H,19,21). The highest BCUT2D eigenvalue weighted by Crippen LogP contribution is 2.28. The summed E-state index contributed by atoms with van der Waals surface area (Å²) in [5.74, 6) is -0.481. The number of aryl methyl sites for hydroxylation is 1. The largest absolute Gasteiger partial charge is 0.459 e. The van der Waals surface area contributed by atoms with Crippen LogP contribution in [-0.4, -0.2) is 25.0 Å². The summed E-state index contributed by atoms with van der Waals surface area (Å²) < 4.78 is 5.31. The van der Waals surface area contributed by atoms with Crippen LogP contribution in [0.15, 0.2) is 48.5 Å². The molecule has 2 aromatic rings. The number of fused-ring (bicyclic) bond motifs is 1. The highest BCUT2D eigenvalue weighted by Gasteiger charge is 2.23. The zero-order valence-electron chi connectivity index (χ0n) is 12.9. The Kier molecular flexibility index (Phi) is 4.28. The molecule has 3 rings (SSSR count). The van der Waals surface area contributed by atoms with Gasteiger partial charge < -0.3 is 15.0 Å². The number of anilines is 2. The van der Waals surface area contributed by atoms with Crippen LogP contribution in [0, 0.1) is 6.92 Å². The van der Waals surface area contributed by atoms with Crippen molar-refractivity contribution < 1.29 is 14.3 Å². The molecule has 1 aliphatic heterocycles. The normalized spacial score (nSPS) is 13.3. The van der Waals surface area contributed by atoms with Gasteiger partial charge in [0, 0.05) is 0 Å². The Morgan fingerprint density at radius 2 is 1.91 bits per heavy atom. The summed E-state index contributed by atoms with van der Waals surface area (Å²) >= 11 is 0. The molecule has 0 aromatic heterocycles. The maximum atomic E-state index is 12.1. The second-order valence-electron chi connectivity index (χ2n) is 5.57. The monoisotopic (exact) mass is 310 g/mol. The van der Waals surface area contributed by atoms with Crippen LogP contribution in [0.4, 0.5) is 11.4 Å². The van der Waals surface area contributed by atoms with E-state index in [1.807, 2.05) is 55.5 Å². The van der Waals surface area contributed by atoms with Gasteiger partial charge in [-0.05, 0) is 24.6 Å². The average Bonchev–Trinajstić information content (AvgIpc) is 2.54. The zero-order valence-corrected chi connectivity index (χ0v) is 12.9. The third-order valence-corrected chi connectivity index (χ3v) is 3.69. The fourth-order valence-electron chi connectivity index (χ4n) is 2.49. The summed E-state index contributed by atoms with van der Waals surface area (Å²) in [7, 11) is 0. The highest BCUT2D eigenvalue weighted by atomic mass is 16.5. The Hall–Kier alpha value is -2.82. The van der Waals surface area contributed by atoms with Crippen LogP contribution in [0.5, 0.6) is 0 Å². The van der Waals surface area contributed by atoms with Gasteiger partial charge in [0.15, 0.2) is 0 Å². The number of hydrogen-bond donors (Lipinski definition) is 1. The van der Waals surface area contributed by atoms with Crippen LogP contribution >= 0.6 is 0 Å². The van der Waals surface area contributed by atoms with E-state index in [4.69, 9.17) is 4.74 Å². The SMILES string of the molecule is Cc1ccc(COC(=O)CN2CC(=O)Nc3ccccc32)cc1. The predicted octanol–water partition coefficient (Wildman–Crippen LogP) is 2.50. The van der Waals surface area contributed by atoms with Crippen LogP contribution in [0.3, 0.4) is 0 Å². The van der Waals surface area contributed by atoms with Crippen LogP contribution in [-0.2, 0) is 20.9 Å². The first kappa shape index (κ1) is 15.1. The lowest BCUT2D eigenvalue weighted by Gasteiger charge is -2.29. The summed E-state index contributed by atoms with van der Waals surface area (Å²) in [4.78, 5) is 25.5. The van der Waals surface area contributed by atoms with E-state index >= 15 is 0 Å². The molecule has 1 amide bonds. The van der Waals surface area contributed by atoms with Gasteiger partial charge in [-0.15, -0.1) is 0 Å². The molecule has 0 saturated heterocycles. The lowest BCUT2D eigenvalue weighted by atomic mass is 10.2. The molecular weight excluding hydrogens is 292 g/mol. The van der Waals surface area contributed by atoms with Crippen molar-refractivity contribution in [3.05, 3.63) is 59.7 Å². The lowest BCUT2D eigenvalue weighted by Crippen LogP contribution is -2.41. The van der Waals surface area contributed by atoms with Crippen molar-refractivity contribution in [3.8, 4) is 0 Å². The molecule has 0 fully saturated rings. The molecule has 23 heavy (non-hydrogen) atoms. The van der Waals surface area contributed by atoms with Crippen molar-refractivity contribution in [1.82, 2.24) is 0 Å². The summed E-state index contributed by atoms with van der Waals surface area (Å²) in [6, 6.07) is 15.2. The maximum absolute atomic E-state index is 12.1. The predicted molar refractivity (Wildman–Crippen MR) is 88.3 cm³/mol. The van der Waals surface area contributed by atoms with Gasteiger partial charge in [-0.3, -0.25) is 9.59 Å². The third-order valence-electron chi connectivity index (χ3n) is 3.69. The van der Waals surface area contributed by atoms with Crippen LogP contribution in [0.25, 0.3) is 0 Å². The molecule has 1 N–H and O–H groups in total. The number of amides is 1. The maximum Gasteiger partial charge on any atom is 0.325 e. The minimum Gasteiger partial charge on any atom is -0.459 e. The van der Waals surface area contributed by atoms with Gasteiger partial charge in [0.2, 0.25) is 5.91 Å². The molecule has 5 nitrogen and oxygen atoms in total. The van der Waals surface area contributed by atoms with Gasteiger partial charge in [0.25, 0.3) is 0 Å². The lowest BCUT2D eigenvalue weighted by molar-refractivity contribution is -0.143. The second kappa shape index (κ2) is 6.52. The molecular formula is C18H18N2O3. The van der Waals surface area contributed by atoms with Crippen LogP contribution in [0.1, 0.15) is 11.1 Å². The van der Waals surface area contributed by atoms with E-state index in [0.717, 1.165) is 22.5 Å². The van der Waals surface area contributed by atoms with Gasteiger partial charge in [-0.2, -0.15) is 0 Å².